The summed E-state index contributed by atoms with van der Waals surface area (Å²) in [5.74, 6) is -3.05. The average Bonchev–Trinajstić information content (AvgIpc) is 2.13. The second-order valence-electron chi connectivity index (χ2n) is 2.50. The molecule has 0 fully saturated rings. The van der Waals surface area contributed by atoms with E-state index < -0.39 is 17.5 Å². The normalized spacial score (nSPS) is 10.2. The highest BCUT2D eigenvalue weighted by Gasteiger charge is 2.18. The molecule has 0 aliphatic carbocycles. The van der Waals surface area contributed by atoms with Gasteiger partial charge < -0.3 is 0 Å². The fourth-order valence-electron chi connectivity index (χ4n) is 0.938. The van der Waals surface area contributed by atoms with E-state index in [9.17, 15) is 13.2 Å². The zero-order valence-corrected chi connectivity index (χ0v) is 8.38. The van der Waals surface area contributed by atoms with Crippen LogP contribution in [0.4, 0.5) is 13.2 Å². The van der Waals surface area contributed by atoms with E-state index in [2.05, 4.69) is 22.5 Å². The number of benzene rings is 1. The molecule has 0 radical (unpaired) electrons. The summed E-state index contributed by atoms with van der Waals surface area (Å²) in [5, 5.41) is 0. The van der Waals surface area contributed by atoms with Crippen LogP contribution in [-0.4, -0.2) is 0 Å². The maximum atomic E-state index is 13.1. The fourth-order valence-corrected chi connectivity index (χ4v) is 1.57. The predicted molar refractivity (Wildman–Crippen MR) is 48.8 cm³/mol. The maximum Gasteiger partial charge on any atom is 0.167 e. The Morgan fingerprint density at radius 3 is 2.15 bits per heavy atom. The molecule has 0 amide bonds. The summed E-state index contributed by atoms with van der Waals surface area (Å²) >= 11 is 2.82. The van der Waals surface area contributed by atoms with Gasteiger partial charge in [-0.1, -0.05) is 12.7 Å². The molecule has 4 heteroatoms. The van der Waals surface area contributed by atoms with Gasteiger partial charge in [-0.25, -0.2) is 13.2 Å². The van der Waals surface area contributed by atoms with Crippen LogP contribution in [0.2, 0.25) is 0 Å². The summed E-state index contributed by atoms with van der Waals surface area (Å²) in [6, 6.07) is 0. The van der Waals surface area contributed by atoms with Gasteiger partial charge in [-0.05, 0) is 22.9 Å². The molecule has 0 atom stereocenters. The van der Waals surface area contributed by atoms with E-state index in [1.54, 1.807) is 0 Å². The minimum absolute atomic E-state index is 0.0982. The quantitative estimate of drug-likeness (QED) is 0.665. The second-order valence-corrected chi connectivity index (χ2v) is 3.29. The molecule has 0 spiro atoms. The first-order chi connectivity index (χ1) is 6.00. The summed E-state index contributed by atoms with van der Waals surface area (Å²) in [4.78, 5) is 0. The molecule has 0 saturated carbocycles. The Bertz CT molecular complexity index is 343. The summed E-state index contributed by atoms with van der Waals surface area (Å²) in [6.07, 6.45) is 1.06. The van der Waals surface area contributed by atoms with Crippen LogP contribution in [0.15, 0.2) is 11.1 Å². The number of hydrogen-bond donors (Lipinski definition) is 0. The van der Waals surface area contributed by atoms with Gasteiger partial charge in [0.05, 0.1) is 4.47 Å². The lowest BCUT2D eigenvalue weighted by atomic mass is 10.1. The first kappa shape index (κ1) is 10.3. The first-order valence-electron chi connectivity index (χ1n) is 3.45. The lowest BCUT2D eigenvalue weighted by Gasteiger charge is -2.06. The van der Waals surface area contributed by atoms with Crippen molar-refractivity contribution >= 4 is 22.0 Å². The molecule has 13 heavy (non-hydrogen) atoms. The van der Waals surface area contributed by atoms with E-state index in [0.717, 1.165) is 6.08 Å². The monoisotopic (exact) mass is 250 g/mol. The van der Waals surface area contributed by atoms with Gasteiger partial charge in [0.1, 0.15) is 5.82 Å². The van der Waals surface area contributed by atoms with Crippen LogP contribution >= 0.6 is 15.9 Å². The van der Waals surface area contributed by atoms with Crippen molar-refractivity contribution in [3.05, 3.63) is 39.6 Å². The summed E-state index contributed by atoms with van der Waals surface area (Å²) in [6.45, 7) is 4.43. The summed E-state index contributed by atoms with van der Waals surface area (Å²) in [5.41, 5.74) is -0.532. The van der Waals surface area contributed by atoms with Gasteiger partial charge in [0, 0.05) is 11.1 Å². The molecule has 1 aromatic rings. The van der Waals surface area contributed by atoms with Gasteiger partial charge in [0.2, 0.25) is 0 Å². The van der Waals surface area contributed by atoms with Crippen molar-refractivity contribution in [3.63, 3.8) is 0 Å². The van der Waals surface area contributed by atoms with Crippen LogP contribution in [0, 0.1) is 24.4 Å². The predicted octanol–water partition coefficient (Wildman–Crippen LogP) is 3.82. The Kier molecular flexibility index (Phi) is 2.81. The molecule has 0 saturated heterocycles. The SMILES string of the molecule is C=Cc1c(F)c(F)c(C)c(F)c1Br. The topological polar surface area (TPSA) is 0 Å². The van der Waals surface area contributed by atoms with Gasteiger partial charge >= 0.3 is 0 Å². The summed E-state index contributed by atoms with van der Waals surface area (Å²) in [7, 11) is 0. The Balaban J connectivity index is 3.66. The number of rotatable bonds is 1. The highest BCUT2D eigenvalue weighted by molar-refractivity contribution is 9.10. The van der Waals surface area contributed by atoms with Crippen molar-refractivity contribution in [3.8, 4) is 0 Å². The molecule has 0 aliphatic rings. The Labute approximate surface area is 82.2 Å². The molecule has 70 valence electrons. The van der Waals surface area contributed by atoms with Crippen LogP contribution in [-0.2, 0) is 0 Å². The van der Waals surface area contributed by atoms with Gasteiger partial charge in [-0.2, -0.15) is 0 Å². The summed E-state index contributed by atoms with van der Waals surface area (Å²) < 4.78 is 39.0. The smallest absolute Gasteiger partial charge is 0.167 e. The maximum absolute atomic E-state index is 13.1. The lowest BCUT2D eigenvalue weighted by Crippen LogP contribution is -1.99. The highest BCUT2D eigenvalue weighted by Crippen LogP contribution is 2.29. The van der Waals surface area contributed by atoms with E-state index in [1.165, 1.54) is 6.92 Å². The van der Waals surface area contributed by atoms with E-state index in [0.29, 0.717) is 0 Å². The van der Waals surface area contributed by atoms with Crippen LogP contribution in [0.25, 0.3) is 6.08 Å². The molecule has 1 aromatic carbocycles. The molecule has 0 aromatic heterocycles. The molecule has 0 bridgehead atoms. The van der Waals surface area contributed by atoms with Crippen molar-refractivity contribution in [1.82, 2.24) is 0 Å². The lowest BCUT2D eigenvalue weighted by molar-refractivity contribution is 0.482. The Morgan fingerprint density at radius 2 is 1.69 bits per heavy atom. The third-order valence-electron chi connectivity index (χ3n) is 1.72. The van der Waals surface area contributed by atoms with Crippen molar-refractivity contribution in [2.75, 3.05) is 0 Å². The largest absolute Gasteiger partial charge is 0.205 e. The third-order valence-corrected chi connectivity index (χ3v) is 2.50. The van der Waals surface area contributed by atoms with E-state index in [1.807, 2.05) is 0 Å². The van der Waals surface area contributed by atoms with Crippen molar-refractivity contribution < 1.29 is 13.2 Å². The van der Waals surface area contributed by atoms with Crippen LogP contribution in [0.5, 0.6) is 0 Å². The molecule has 0 nitrogen and oxygen atoms in total. The highest BCUT2D eigenvalue weighted by atomic mass is 79.9. The van der Waals surface area contributed by atoms with Crippen LogP contribution in [0.1, 0.15) is 11.1 Å². The zero-order valence-electron chi connectivity index (χ0n) is 6.80. The average molecular weight is 251 g/mol. The van der Waals surface area contributed by atoms with Crippen molar-refractivity contribution in [2.24, 2.45) is 0 Å². The fraction of sp³-hybridized carbons (Fsp3) is 0.111. The van der Waals surface area contributed by atoms with Crippen LogP contribution in [0.3, 0.4) is 0 Å². The van der Waals surface area contributed by atoms with Crippen molar-refractivity contribution in [2.45, 2.75) is 6.92 Å². The Morgan fingerprint density at radius 1 is 1.15 bits per heavy atom. The first-order valence-corrected chi connectivity index (χ1v) is 4.25. The molecule has 0 N–H and O–H groups in total. The van der Waals surface area contributed by atoms with Gasteiger partial charge in [0.25, 0.3) is 0 Å². The molecular weight excluding hydrogens is 245 g/mol. The standard InChI is InChI=1S/C9H6BrF3/c1-3-5-6(10)7(11)4(2)8(12)9(5)13/h3H,1H2,2H3. The molecule has 1 rings (SSSR count). The Hall–Kier alpha value is -0.770. The van der Waals surface area contributed by atoms with E-state index in [-0.39, 0.29) is 15.6 Å². The zero-order chi connectivity index (χ0) is 10.2. The van der Waals surface area contributed by atoms with E-state index in [4.69, 9.17) is 0 Å². The van der Waals surface area contributed by atoms with E-state index >= 15 is 0 Å². The minimum Gasteiger partial charge on any atom is -0.205 e. The number of halogens is 4. The molecule has 0 aliphatic heterocycles. The van der Waals surface area contributed by atoms with Crippen molar-refractivity contribution in [1.29, 1.82) is 0 Å². The van der Waals surface area contributed by atoms with Gasteiger partial charge in [-0.3, -0.25) is 0 Å². The minimum atomic E-state index is -1.17. The second kappa shape index (κ2) is 3.54. The van der Waals surface area contributed by atoms with Gasteiger partial charge in [-0.15, -0.1) is 0 Å². The molecule has 0 heterocycles. The van der Waals surface area contributed by atoms with Gasteiger partial charge in [0.15, 0.2) is 11.6 Å². The van der Waals surface area contributed by atoms with Crippen LogP contribution < -0.4 is 0 Å². The number of hydrogen-bond acceptors (Lipinski definition) is 0. The molecular formula is C9H6BrF3. The molecule has 0 unspecified atom stereocenters. The third kappa shape index (κ3) is 1.50.